The van der Waals surface area contributed by atoms with Crippen molar-refractivity contribution >= 4 is 11.9 Å². The van der Waals surface area contributed by atoms with Crippen molar-refractivity contribution in [2.75, 3.05) is 13.1 Å². The lowest BCUT2D eigenvalue weighted by atomic mass is 9.82. The van der Waals surface area contributed by atoms with Crippen molar-refractivity contribution in [3.8, 4) is 0 Å². The molecule has 21 heavy (non-hydrogen) atoms. The van der Waals surface area contributed by atoms with Crippen LogP contribution in [0, 0.1) is 0 Å². The first-order valence-electron chi connectivity index (χ1n) is 7.00. The highest BCUT2D eigenvalue weighted by molar-refractivity contribution is 5.72. The zero-order valence-corrected chi connectivity index (χ0v) is 12.8. The van der Waals surface area contributed by atoms with Crippen molar-refractivity contribution in [3.05, 3.63) is 35.4 Å². The van der Waals surface area contributed by atoms with Crippen molar-refractivity contribution in [1.29, 1.82) is 0 Å². The van der Waals surface area contributed by atoms with Gasteiger partial charge < -0.3 is 10.2 Å². The van der Waals surface area contributed by atoms with E-state index in [1.165, 1.54) is 10.5 Å². The maximum atomic E-state index is 10.8. The van der Waals surface area contributed by atoms with Crippen LogP contribution in [0.3, 0.4) is 0 Å². The summed E-state index contributed by atoms with van der Waals surface area (Å²) >= 11 is 0. The monoisotopic (exact) mass is 293 g/mol. The fourth-order valence-electron chi connectivity index (χ4n) is 2.07. The van der Waals surface area contributed by atoms with Gasteiger partial charge in [0.05, 0.1) is 13.1 Å². The predicted molar refractivity (Wildman–Crippen MR) is 80.3 cm³/mol. The molecule has 2 N–H and O–H groups in total. The molecular weight excluding hydrogens is 270 g/mol. The van der Waals surface area contributed by atoms with Crippen LogP contribution in [-0.4, -0.2) is 40.1 Å². The predicted octanol–water partition coefficient (Wildman–Crippen LogP) is 2.35. The first kappa shape index (κ1) is 17.2. The van der Waals surface area contributed by atoms with Crippen molar-refractivity contribution < 1.29 is 19.8 Å². The van der Waals surface area contributed by atoms with Gasteiger partial charge in [-0.1, -0.05) is 45.0 Å². The molecule has 1 rings (SSSR count). The van der Waals surface area contributed by atoms with Gasteiger partial charge in [0, 0.05) is 6.54 Å². The first-order chi connectivity index (χ1) is 9.74. The quantitative estimate of drug-likeness (QED) is 0.769. The van der Waals surface area contributed by atoms with E-state index in [9.17, 15) is 9.59 Å². The zero-order valence-electron chi connectivity index (χ0n) is 12.8. The van der Waals surface area contributed by atoms with Crippen LogP contribution in [0.5, 0.6) is 0 Å². The van der Waals surface area contributed by atoms with Gasteiger partial charge in [-0.2, -0.15) is 0 Å². The van der Waals surface area contributed by atoms with Crippen molar-refractivity contribution in [2.24, 2.45) is 0 Å². The molecule has 0 saturated carbocycles. The molecule has 0 bridgehead atoms. The molecule has 1 aromatic rings. The smallest absolute Gasteiger partial charge is 0.317 e. The molecule has 5 nitrogen and oxygen atoms in total. The average molecular weight is 293 g/mol. The van der Waals surface area contributed by atoms with E-state index in [1.54, 1.807) is 0 Å². The molecule has 0 aliphatic carbocycles. The molecule has 0 atom stereocenters. The van der Waals surface area contributed by atoms with E-state index in [0.717, 1.165) is 12.0 Å². The van der Waals surface area contributed by atoms with Crippen LogP contribution in [0.4, 0.5) is 0 Å². The summed E-state index contributed by atoms with van der Waals surface area (Å²) in [6.45, 7) is 6.22. The Hall–Kier alpha value is -1.88. The average Bonchev–Trinajstić information content (AvgIpc) is 2.37. The van der Waals surface area contributed by atoms with Crippen LogP contribution in [0.25, 0.3) is 0 Å². The summed E-state index contributed by atoms with van der Waals surface area (Å²) in [5, 5.41) is 17.6. The molecule has 5 heteroatoms. The van der Waals surface area contributed by atoms with Crippen LogP contribution in [-0.2, 0) is 21.5 Å². The van der Waals surface area contributed by atoms with Crippen molar-refractivity contribution in [1.82, 2.24) is 4.90 Å². The maximum Gasteiger partial charge on any atom is 0.317 e. The summed E-state index contributed by atoms with van der Waals surface area (Å²) in [5.41, 5.74) is 2.23. The molecule has 0 saturated heterocycles. The topological polar surface area (TPSA) is 77.8 Å². The lowest BCUT2D eigenvalue weighted by Gasteiger charge is -2.24. The Labute approximate surface area is 125 Å². The van der Waals surface area contributed by atoms with Crippen LogP contribution in [0.15, 0.2) is 24.3 Å². The Morgan fingerprint density at radius 2 is 1.52 bits per heavy atom. The van der Waals surface area contributed by atoms with Gasteiger partial charge in [0.15, 0.2) is 0 Å². The minimum Gasteiger partial charge on any atom is -0.480 e. The van der Waals surface area contributed by atoms with E-state index in [1.807, 2.05) is 24.3 Å². The molecule has 0 unspecified atom stereocenters. The second-order valence-electron chi connectivity index (χ2n) is 5.87. The third kappa shape index (κ3) is 5.55. The van der Waals surface area contributed by atoms with Crippen molar-refractivity contribution in [3.63, 3.8) is 0 Å². The lowest BCUT2D eigenvalue weighted by Crippen LogP contribution is -2.34. The molecule has 0 amide bonds. The van der Waals surface area contributed by atoms with E-state index in [4.69, 9.17) is 10.2 Å². The summed E-state index contributed by atoms with van der Waals surface area (Å²) in [7, 11) is 0. The number of carboxylic acid groups (broad SMARTS) is 2. The summed E-state index contributed by atoms with van der Waals surface area (Å²) in [5.74, 6) is -2.06. The highest BCUT2D eigenvalue weighted by Gasteiger charge is 2.18. The highest BCUT2D eigenvalue weighted by atomic mass is 16.4. The van der Waals surface area contributed by atoms with Crippen LogP contribution in [0.1, 0.15) is 38.3 Å². The molecule has 0 aromatic heterocycles. The van der Waals surface area contributed by atoms with Gasteiger partial charge in [0.25, 0.3) is 0 Å². The molecule has 0 radical (unpaired) electrons. The third-order valence-corrected chi connectivity index (χ3v) is 3.74. The van der Waals surface area contributed by atoms with Gasteiger partial charge >= 0.3 is 11.9 Å². The van der Waals surface area contributed by atoms with Crippen LogP contribution >= 0.6 is 0 Å². The zero-order chi connectivity index (χ0) is 16.0. The van der Waals surface area contributed by atoms with Crippen LogP contribution in [0.2, 0.25) is 0 Å². The van der Waals surface area contributed by atoms with E-state index in [0.29, 0.717) is 6.54 Å². The highest BCUT2D eigenvalue weighted by Crippen LogP contribution is 2.26. The standard InChI is InChI=1S/C16H23NO4/c1-4-16(2,3)13-7-5-12(6-8-13)9-17(10-14(18)19)11-15(20)21/h5-8H,4,9-11H2,1-3H3,(H,18,19)(H,20,21). The Kier molecular flexibility index (Phi) is 5.90. The summed E-state index contributed by atoms with van der Waals surface area (Å²) in [6.07, 6.45) is 1.02. The second kappa shape index (κ2) is 7.22. The molecule has 0 spiro atoms. The number of hydrogen-bond donors (Lipinski definition) is 2. The van der Waals surface area contributed by atoms with Gasteiger partial charge in [-0.25, -0.2) is 0 Å². The Morgan fingerprint density at radius 3 is 1.90 bits per heavy atom. The van der Waals surface area contributed by atoms with E-state index in [-0.39, 0.29) is 18.5 Å². The number of hydrogen-bond acceptors (Lipinski definition) is 3. The van der Waals surface area contributed by atoms with E-state index >= 15 is 0 Å². The molecule has 0 aliphatic heterocycles. The summed E-state index contributed by atoms with van der Waals surface area (Å²) in [4.78, 5) is 22.9. The number of carboxylic acids is 2. The Morgan fingerprint density at radius 1 is 1.05 bits per heavy atom. The lowest BCUT2D eigenvalue weighted by molar-refractivity contribution is -0.142. The normalized spacial score (nSPS) is 11.6. The van der Waals surface area contributed by atoms with Gasteiger partial charge in [0.1, 0.15) is 0 Å². The molecule has 0 heterocycles. The molecule has 0 aliphatic rings. The number of rotatable bonds is 8. The number of aliphatic carboxylic acids is 2. The SMILES string of the molecule is CCC(C)(C)c1ccc(CN(CC(=O)O)CC(=O)O)cc1. The minimum absolute atomic E-state index is 0.0976. The number of carbonyl (C=O) groups is 2. The third-order valence-electron chi connectivity index (χ3n) is 3.74. The number of benzene rings is 1. The Balaban J connectivity index is 2.80. The van der Waals surface area contributed by atoms with Gasteiger partial charge in [-0.3, -0.25) is 14.5 Å². The first-order valence-corrected chi connectivity index (χ1v) is 7.00. The molecule has 1 aromatic carbocycles. The fraction of sp³-hybridized carbons (Fsp3) is 0.500. The van der Waals surface area contributed by atoms with Gasteiger partial charge in [0.2, 0.25) is 0 Å². The Bertz CT molecular complexity index is 478. The van der Waals surface area contributed by atoms with Crippen molar-refractivity contribution in [2.45, 2.75) is 39.2 Å². The second-order valence-corrected chi connectivity index (χ2v) is 5.87. The number of nitrogens with zero attached hydrogens (tertiary/aromatic N) is 1. The van der Waals surface area contributed by atoms with Gasteiger partial charge in [-0.05, 0) is 23.0 Å². The van der Waals surface area contributed by atoms with Gasteiger partial charge in [-0.15, -0.1) is 0 Å². The molecule has 116 valence electrons. The van der Waals surface area contributed by atoms with E-state index < -0.39 is 11.9 Å². The summed E-state index contributed by atoms with van der Waals surface area (Å²) in [6, 6.07) is 7.92. The summed E-state index contributed by atoms with van der Waals surface area (Å²) < 4.78 is 0. The largest absolute Gasteiger partial charge is 0.480 e. The van der Waals surface area contributed by atoms with E-state index in [2.05, 4.69) is 20.8 Å². The molecular formula is C16H23NO4. The minimum atomic E-state index is -1.03. The maximum absolute atomic E-state index is 10.8. The molecule has 0 fully saturated rings. The fourth-order valence-corrected chi connectivity index (χ4v) is 2.07. The van der Waals surface area contributed by atoms with Crippen LogP contribution < -0.4 is 0 Å².